The van der Waals surface area contributed by atoms with Crippen molar-refractivity contribution in [3.8, 4) is 0 Å². The number of nitrogens with one attached hydrogen (secondary N) is 1. The van der Waals surface area contributed by atoms with Crippen LogP contribution < -0.4 is 0 Å². The van der Waals surface area contributed by atoms with Gasteiger partial charge in [-0.1, -0.05) is 24.3 Å². The average Bonchev–Trinajstić information content (AvgIpc) is 3.23. The van der Waals surface area contributed by atoms with Crippen molar-refractivity contribution in [3.63, 3.8) is 0 Å². The molecule has 1 aromatic carbocycles. The largest absolute Gasteiger partial charge is 0.351 e. The third-order valence-corrected chi connectivity index (χ3v) is 5.12. The Morgan fingerprint density at radius 1 is 1.24 bits per heavy atom. The topological polar surface area (TPSA) is 36.1 Å². The van der Waals surface area contributed by atoms with E-state index in [0.29, 0.717) is 5.69 Å². The summed E-state index contributed by atoms with van der Waals surface area (Å²) in [4.78, 5) is 19.4. The maximum atomic E-state index is 12.8. The van der Waals surface area contributed by atoms with Crippen molar-refractivity contribution in [2.75, 3.05) is 6.54 Å². The fourth-order valence-corrected chi connectivity index (χ4v) is 4.00. The quantitative estimate of drug-likeness (QED) is 0.755. The Kier molecular flexibility index (Phi) is 3.04. The molecule has 0 saturated carbocycles. The molecule has 1 atom stereocenters. The van der Waals surface area contributed by atoms with Crippen LogP contribution in [0.5, 0.6) is 0 Å². The molecule has 1 fully saturated rings. The number of aromatic amines is 1. The molecule has 1 unspecified atom stereocenters. The van der Waals surface area contributed by atoms with Crippen LogP contribution >= 0.6 is 11.3 Å². The average molecular weight is 296 g/mol. The molecule has 3 nitrogen and oxygen atoms in total. The molecule has 106 valence electrons. The zero-order valence-corrected chi connectivity index (χ0v) is 12.4. The van der Waals surface area contributed by atoms with E-state index < -0.39 is 0 Å². The molecule has 1 aliphatic rings. The third kappa shape index (κ3) is 2.16. The van der Waals surface area contributed by atoms with Crippen molar-refractivity contribution >= 4 is 28.1 Å². The van der Waals surface area contributed by atoms with Crippen LogP contribution in [0.2, 0.25) is 0 Å². The molecule has 0 spiro atoms. The molecule has 4 rings (SSSR count). The Labute approximate surface area is 127 Å². The monoisotopic (exact) mass is 296 g/mol. The van der Waals surface area contributed by atoms with Crippen molar-refractivity contribution in [1.82, 2.24) is 9.88 Å². The lowest BCUT2D eigenvalue weighted by Crippen LogP contribution is -2.30. The summed E-state index contributed by atoms with van der Waals surface area (Å²) in [6.45, 7) is 0.844. The number of fused-ring (bicyclic) bond motifs is 1. The van der Waals surface area contributed by atoms with Gasteiger partial charge in [-0.05, 0) is 36.4 Å². The zero-order chi connectivity index (χ0) is 14.2. The minimum atomic E-state index is 0.113. The lowest BCUT2D eigenvalue weighted by molar-refractivity contribution is 0.0733. The third-order valence-electron chi connectivity index (χ3n) is 4.15. The van der Waals surface area contributed by atoms with Gasteiger partial charge in [0.15, 0.2) is 0 Å². The second kappa shape index (κ2) is 5.04. The SMILES string of the molecule is O=C(c1cc2ccccc2[nH]1)N1CCCC1c1cccs1. The zero-order valence-electron chi connectivity index (χ0n) is 11.6. The summed E-state index contributed by atoms with van der Waals surface area (Å²) in [5, 5.41) is 3.17. The van der Waals surface area contributed by atoms with E-state index in [0.717, 1.165) is 30.3 Å². The Morgan fingerprint density at radius 3 is 2.95 bits per heavy atom. The van der Waals surface area contributed by atoms with Gasteiger partial charge in [-0.15, -0.1) is 11.3 Å². The summed E-state index contributed by atoms with van der Waals surface area (Å²) in [5.74, 6) is 0.113. The maximum Gasteiger partial charge on any atom is 0.270 e. The van der Waals surface area contributed by atoms with Gasteiger partial charge in [0.2, 0.25) is 0 Å². The van der Waals surface area contributed by atoms with Crippen LogP contribution in [0.3, 0.4) is 0 Å². The first kappa shape index (κ1) is 12.7. The van der Waals surface area contributed by atoms with Crippen LogP contribution in [-0.4, -0.2) is 22.3 Å². The van der Waals surface area contributed by atoms with Gasteiger partial charge >= 0.3 is 0 Å². The number of H-pyrrole nitrogens is 1. The van der Waals surface area contributed by atoms with Gasteiger partial charge in [-0.2, -0.15) is 0 Å². The Balaban J connectivity index is 1.67. The summed E-state index contributed by atoms with van der Waals surface area (Å²) in [6.07, 6.45) is 2.14. The van der Waals surface area contributed by atoms with Gasteiger partial charge in [0.25, 0.3) is 5.91 Å². The number of aromatic nitrogens is 1. The molecule has 1 aliphatic heterocycles. The number of likely N-dealkylation sites (tertiary alicyclic amines) is 1. The number of hydrogen-bond donors (Lipinski definition) is 1. The summed E-state index contributed by atoms with van der Waals surface area (Å²) in [5.41, 5.74) is 1.72. The van der Waals surface area contributed by atoms with Crippen LogP contribution in [-0.2, 0) is 0 Å². The first-order valence-corrected chi connectivity index (χ1v) is 8.13. The molecule has 0 bridgehead atoms. The molecule has 0 radical (unpaired) electrons. The smallest absolute Gasteiger partial charge is 0.270 e. The van der Waals surface area contributed by atoms with Gasteiger partial charge < -0.3 is 9.88 Å². The normalized spacial score (nSPS) is 18.5. The summed E-state index contributed by atoms with van der Waals surface area (Å²) >= 11 is 1.74. The van der Waals surface area contributed by atoms with E-state index >= 15 is 0 Å². The van der Waals surface area contributed by atoms with Gasteiger partial charge in [-0.3, -0.25) is 4.79 Å². The van der Waals surface area contributed by atoms with Crippen molar-refractivity contribution in [1.29, 1.82) is 0 Å². The van der Waals surface area contributed by atoms with E-state index in [4.69, 9.17) is 0 Å². The number of benzene rings is 1. The first-order chi connectivity index (χ1) is 10.3. The second-order valence-corrected chi connectivity index (χ2v) is 6.42. The van der Waals surface area contributed by atoms with E-state index in [1.54, 1.807) is 11.3 Å². The van der Waals surface area contributed by atoms with Crippen molar-refractivity contribution in [2.24, 2.45) is 0 Å². The number of amides is 1. The second-order valence-electron chi connectivity index (χ2n) is 5.44. The van der Waals surface area contributed by atoms with Crippen LogP contribution in [0.15, 0.2) is 47.8 Å². The number of carbonyl (C=O) groups is 1. The van der Waals surface area contributed by atoms with Crippen molar-refractivity contribution < 1.29 is 4.79 Å². The number of hydrogen-bond acceptors (Lipinski definition) is 2. The number of rotatable bonds is 2. The predicted molar refractivity (Wildman–Crippen MR) is 85.6 cm³/mol. The molecule has 2 aromatic heterocycles. The molecule has 21 heavy (non-hydrogen) atoms. The molecule has 1 amide bonds. The van der Waals surface area contributed by atoms with Gasteiger partial charge in [0, 0.05) is 22.3 Å². The van der Waals surface area contributed by atoms with E-state index in [2.05, 4.69) is 22.5 Å². The van der Waals surface area contributed by atoms with Gasteiger partial charge in [0.05, 0.1) is 6.04 Å². The van der Waals surface area contributed by atoms with E-state index in [1.165, 1.54) is 4.88 Å². The first-order valence-electron chi connectivity index (χ1n) is 7.25. The van der Waals surface area contributed by atoms with E-state index in [9.17, 15) is 4.79 Å². The fraction of sp³-hybridized carbons (Fsp3) is 0.235. The molecule has 3 aromatic rings. The summed E-state index contributed by atoms with van der Waals surface area (Å²) in [6, 6.07) is 14.4. The summed E-state index contributed by atoms with van der Waals surface area (Å²) in [7, 11) is 0. The lowest BCUT2D eigenvalue weighted by atomic mass is 10.2. The van der Waals surface area contributed by atoms with Crippen molar-refractivity contribution in [2.45, 2.75) is 18.9 Å². The minimum Gasteiger partial charge on any atom is -0.351 e. The predicted octanol–water partition coefficient (Wildman–Crippen LogP) is 4.21. The van der Waals surface area contributed by atoms with E-state index in [-0.39, 0.29) is 11.9 Å². The maximum absolute atomic E-state index is 12.8. The number of carbonyl (C=O) groups excluding carboxylic acids is 1. The highest BCUT2D eigenvalue weighted by Crippen LogP contribution is 2.35. The minimum absolute atomic E-state index is 0.113. The number of nitrogens with zero attached hydrogens (tertiary/aromatic N) is 1. The molecule has 0 aliphatic carbocycles. The van der Waals surface area contributed by atoms with Crippen LogP contribution in [0.4, 0.5) is 0 Å². The lowest BCUT2D eigenvalue weighted by Gasteiger charge is -2.23. The Hall–Kier alpha value is -2.07. The van der Waals surface area contributed by atoms with Crippen LogP contribution in [0, 0.1) is 0 Å². The van der Waals surface area contributed by atoms with E-state index in [1.807, 2.05) is 35.2 Å². The highest BCUT2D eigenvalue weighted by atomic mass is 32.1. The fourth-order valence-electron chi connectivity index (χ4n) is 3.13. The molecular weight excluding hydrogens is 280 g/mol. The highest BCUT2D eigenvalue weighted by Gasteiger charge is 2.31. The highest BCUT2D eigenvalue weighted by molar-refractivity contribution is 7.10. The molecular formula is C17H16N2OS. The van der Waals surface area contributed by atoms with Crippen molar-refractivity contribution in [3.05, 3.63) is 58.4 Å². The Bertz CT molecular complexity index is 742. The standard InChI is InChI=1S/C17H16N2OS/c20-17(14-11-12-5-1-2-6-13(12)18-14)19-9-3-7-15(19)16-8-4-10-21-16/h1-2,4-6,8,10-11,15,18H,3,7,9H2. The van der Waals surface area contributed by atoms with Crippen LogP contribution in [0.25, 0.3) is 10.9 Å². The molecule has 3 heterocycles. The van der Waals surface area contributed by atoms with Crippen LogP contribution in [0.1, 0.15) is 34.2 Å². The molecule has 4 heteroatoms. The van der Waals surface area contributed by atoms with Gasteiger partial charge in [-0.25, -0.2) is 0 Å². The molecule has 1 saturated heterocycles. The number of thiophene rings is 1. The Morgan fingerprint density at radius 2 is 2.14 bits per heavy atom. The molecule has 1 N–H and O–H groups in total. The summed E-state index contributed by atoms with van der Waals surface area (Å²) < 4.78 is 0. The van der Waals surface area contributed by atoms with Gasteiger partial charge in [0.1, 0.15) is 5.69 Å². The number of para-hydroxylation sites is 1.